The average molecular weight is 544 g/mol. The van der Waals surface area contributed by atoms with E-state index in [9.17, 15) is 0 Å². The van der Waals surface area contributed by atoms with Gasteiger partial charge in [0.15, 0.2) is 0 Å². The molecule has 1 rings (SSSR count). The van der Waals surface area contributed by atoms with Crippen molar-refractivity contribution in [3.05, 3.63) is 24.3 Å². The van der Waals surface area contributed by atoms with Gasteiger partial charge in [0.1, 0.15) is 5.75 Å². The van der Waals surface area contributed by atoms with Gasteiger partial charge in [0.05, 0.1) is 12.8 Å². The predicted molar refractivity (Wildman–Crippen MR) is 177 cm³/mol. The van der Waals surface area contributed by atoms with Gasteiger partial charge < -0.3 is 9.64 Å². The number of nitrogens with zero attached hydrogens (tertiary/aromatic N) is 1. The number of hydrogen-bond acceptors (Lipinski definition) is 2. The van der Waals surface area contributed by atoms with Crippen LogP contribution in [-0.2, 0) is 0 Å². The summed E-state index contributed by atoms with van der Waals surface area (Å²) in [6.45, 7) is 6.93. The summed E-state index contributed by atoms with van der Waals surface area (Å²) in [6.07, 6.45) is 36.8. The maximum atomic E-state index is 5.72. The van der Waals surface area contributed by atoms with Gasteiger partial charge in [-0.3, -0.25) is 0 Å². The van der Waals surface area contributed by atoms with Crippen LogP contribution < -0.4 is 9.64 Å². The van der Waals surface area contributed by atoms with Gasteiger partial charge in [-0.1, -0.05) is 180 Å². The molecule has 0 spiro atoms. The lowest BCUT2D eigenvalue weighted by atomic mass is 10.0. The molecule has 1 aromatic carbocycles. The summed E-state index contributed by atoms with van der Waals surface area (Å²) in [5, 5.41) is 0. The zero-order valence-electron chi connectivity index (χ0n) is 27.0. The molecular weight excluding hydrogens is 474 g/mol. The van der Waals surface area contributed by atoms with Crippen LogP contribution in [0.4, 0.5) is 5.69 Å². The van der Waals surface area contributed by atoms with E-state index >= 15 is 0 Å². The first-order valence-electron chi connectivity index (χ1n) is 17.7. The first-order chi connectivity index (χ1) is 19.3. The summed E-state index contributed by atoms with van der Waals surface area (Å²) in [5.41, 5.74) is 1.29. The molecular formula is C37H69NO. The second kappa shape index (κ2) is 28.4. The Hall–Kier alpha value is -1.18. The average Bonchev–Trinajstić information content (AvgIpc) is 2.96. The largest absolute Gasteiger partial charge is 0.495 e. The van der Waals surface area contributed by atoms with E-state index in [1.54, 1.807) is 0 Å². The molecule has 228 valence electrons. The highest BCUT2D eigenvalue weighted by atomic mass is 16.5. The minimum atomic E-state index is 1.03. The predicted octanol–water partition coefficient (Wildman–Crippen LogP) is 12.7. The van der Waals surface area contributed by atoms with Crippen molar-refractivity contribution in [2.45, 2.75) is 181 Å². The van der Waals surface area contributed by atoms with Crippen molar-refractivity contribution in [1.29, 1.82) is 0 Å². The monoisotopic (exact) mass is 544 g/mol. The molecule has 0 amide bonds. The third-order valence-corrected chi connectivity index (χ3v) is 8.49. The maximum Gasteiger partial charge on any atom is 0.142 e. The van der Waals surface area contributed by atoms with E-state index in [0.29, 0.717) is 0 Å². The molecule has 0 fully saturated rings. The molecule has 0 saturated heterocycles. The Morgan fingerprint density at radius 1 is 0.436 bits per heavy atom. The summed E-state index contributed by atoms with van der Waals surface area (Å²) in [6, 6.07) is 8.63. The molecule has 39 heavy (non-hydrogen) atoms. The van der Waals surface area contributed by atoms with Gasteiger partial charge in [0.2, 0.25) is 0 Å². The Morgan fingerprint density at radius 2 is 0.744 bits per heavy atom. The number of hydrogen-bond donors (Lipinski definition) is 0. The van der Waals surface area contributed by atoms with Gasteiger partial charge in [-0.2, -0.15) is 0 Å². The highest BCUT2D eigenvalue weighted by Gasteiger charge is 2.11. The van der Waals surface area contributed by atoms with Crippen molar-refractivity contribution in [2.24, 2.45) is 0 Å². The summed E-state index contributed by atoms with van der Waals surface area (Å²) in [7, 11) is 1.81. The fourth-order valence-corrected chi connectivity index (χ4v) is 5.88. The quantitative estimate of drug-likeness (QED) is 0.0894. The van der Waals surface area contributed by atoms with E-state index in [1.165, 1.54) is 173 Å². The number of methoxy groups -OCH3 is 1. The zero-order chi connectivity index (χ0) is 28.1. The van der Waals surface area contributed by atoms with Gasteiger partial charge in [0.25, 0.3) is 0 Å². The Labute approximate surface area is 246 Å². The molecule has 0 saturated carbocycles. The van der Waals surface area contributed by atoms with Crippen molar-refractivity contribution >= 4 is 5.69 Å². The van der Waals surface area contributed by atoms with E-state index in [-0.39, 0.29) is 0 Å². The van der Waals surface area contributed by atoms with Gasteiger partial charge >= 0.3 is 0 Å². The molecule has 0 aliphatic heterocycles. The number of unbranched alkanes of at least 4 members (excludes halogenated alkanes) is 24. The van der Waals surface area contributed by atoms with E-state index in [4.69, 9.17) is 4.74 Å². The van der Waals surface area contributed by atoms with E-state index in [0.717, 1.165) is 18.8 Å². The van der Waals surface area contributed by atoms with Crippen LogP contribution in [0.3, 0.4) is 0 Å². The molecule has 2 heteroatoms. The van der Waals surface area contributed by atoms with E-state index in [2.05, 4.69) is 43.0 Å². The molecule has 0 unspecified atom stereocenters. The second-order valence-corrected chi connectivity index (χ2v) is 12.1. The number of anilines is 1. The van der Waals surface area contributed by atoms with E-state index < -0.39 is 0 Å². The highest BCUT2D eigenvalue weighted by Crippen LogP contribution is 2.28. The Kier molecular flexibility index (Phi) is 26.1. The first kappa shape index (κ1) is 35.8. The summed E-state index contributed by atoms with van der Waals surface area (Å²) in [4.78, 5) is 2.61. The summed E-state index contributed by atoms with van der Waals surface area (Å²) in [5.74, 6) is 1.03. The smallest absolute Gasteiger partial charge is 0.142 e. The van der Waals surface area contributed by atoms with Crippen molar-refractivity contribution in [1.82, 2.24) is 0 Å². The lowest BCUT2D eigenvalue weighted by molar-refractivity contribution is 0.413. The lowest BCUT2D eigenvalue weighted by Crippen LogP contribution is -2.26. The standard InChI is InChI=1S/C37H69NO/c1-4-6-8-10-12-14-16-18-20-22-24-26-30-34-38(36-32-28-29-33-37(36)39-3)35-31-27-25-23-21-19-17-15-13-11-9-7-5-2/h28-29,32-33H,4-27,30-31,34-35H2,1-3H3. The van der Waals surface area contributed by atoms with Crippen LogP contribution in [0.2, 0.25) is 0 Å². The minimum absolute atomic E-state index is 1.03. The Morgan fingerprint density at radius 3 is 1.08 bits per heavy atom. The molecule has 0 aromatic heterocycles. The number of benzene rings is 1. The normalized spacial score (nSPS) is 11.3. The van der Waals surface area contributed by atoms with Crippen molar-refractivity contribution < 1.29 is 4.74 Å². The fourth-order valence-electron chi connectivity index (χ4n) is 5.88. The molecule has 0 radical (unpaired) electrons. The molecule has 0 aliphatic rings. The van der Waals surface area contributed by atoms with Crippen LogP contribution in [0.15, 0.2) is 24.3 Å². The Balaban J connectivity index is 2.15. The molecule has 0 atom stereocenters. The van der Waals surface area contributed by atoms with Crippen LogP contribution in [0.25, 0.3) is 0 Å². The van der Waals surface area contributed by atoms with E-state index in [1.807, 2.05) is 7.11 Å². The van der Waals surface area contributed by atoms with Crippen molar-refractivity contribution in [3.63, 3.8) is 0 Å². The van der Waals surface area contributed by atoms with Gasteiger partial charge in [0, 0.05) is 13.1 Å². The molecule has 1 aromatic rings. The molecule has 0 heterocycles. The Bertz CT molecular complexity index is 585. The van der Waals surface area contributed by atoms with Crippen molar-refractivity contribution in [2.75, 3.05) is 25.1 Å². The number of para-hydroxylation sites is 2. The summed E-state index contributed by atoms with van der Waals surface area (Å²) >= 11 is 0. The lowest BCUT2D eigenvalue weighted by Gasteiger charge is -2.26. The highest BCUT2D eigenvalue weighted by molar-refractivity contribution is 5.58. The van der Waals surface area contributed by atoms with Crippen molar-refractivity contribution in [3.8, 4) is 5.75 Å². The van der Waals surface area contributed by atoms with Gasteiger partial charge in [-0.15, -0.1) is 0 Å². The van der Waals surface area contributed by atoms with Crippen LogP contribution in [0.1, 0.15) is 181 Å². The minimum Gasteiger partial charge on any atom is -0.495 e. The van der Waals surface area contributed by atoms with Crippen LogP contribution in [0.5, 0.6) is 5.75 Å². The number of rotatable bonds is 30. The zero-order valence-corrected chi connectivity index (χ0v) is 27.0. The van der Waals surface area contributed by atoms with Crippen LogP contribution in [-0.4, -0.2) is 20.2 Å². The maximum absolute atomic E-state index is 5.72. The van der Waals surface area contributed by atoms with Gasteiger partial charge in [-0.05, 0) is 25.0 Å². The molecule has 0 aliphatic carbocycles. The third kappa shape index (κ3) is 21.3. The summed E-state index contributed by atoms with van der Waals surface area (Å²) < 4.78 is 5.72. The fraction of sp³-hybridized carbons (Fsp3) is 0.838. The topological polar surface area (TPSA) is 12.5 Å². The molecule has 0 bridgehead atoms. The first-order valence-corrected chi connectivity index (χ1v) is 17.7. The number of ether oxygens (including phenoxy) is 1. The molecule has 0 N–H and O–H groups in total. The third-order valence-electron chi connectivity index (χ3n) is 8.49. The van der Waals surface area contributed by atoms with Crippen LogP contribution >= 0.6 is 0 Å². The van der Waals surface area contributed by atoms with Crippen LogP contribution in [0, 0.1) is 0 Å². The second-order valence-electron chi connectivity index (χ2n) is 12.1. The molecule has 2 nitrogen and oxygen atoms in total. The SMILES string of the molecule is CCCCCCCCCCCCCCCN(CCCCCCCCCCCCCCC)c1ccccc1OC. The van der Waals surface area contributed by atoms with Gasteiger partial charge in [-0.25, -0.2) is 0 Å².